The number of rotatable bonds is 3. The zero-order valence-corrected chi connectivity index (χ0v) is 10.0. The summed E-state index contributed by atoms with van der Waals surface area (Å²) in [4.78, 5) is 20.5. The fourth-order valence-electron chi connectivity index (χ4n) is 1.68. The number of hydrogen-bond donors (Lipinski definition) is 1. The summed E-state index contributed by atoms with van der Waals surface area (Å²) < 4.78 is 1.69. The van der Waals surface area contributed by atoms with Gasteiger partial charge in [0.15, 0.2) is 0 Å². The molecule has 0 aliphatic heterocycles. The second-order valence-electron chi connectivity index (χ2n) is 3.91. The molecule has 19 heavy (non-hydrogen) atoms. The van der Waals surface area contributed by atoms with Gasteiger partial charge in [0.05, 0.1) is 0 Å². The van der Waals surface area contributed by atoms with Crippen LogP contribution in [0.15, 0.2) is 43.2 Å². The van der Waals surface area contributed by atoms with Gasteiger partial charge in [-0.25, -0.2) is 4.98 Å². The second-order valence-corrected chi connectivity index (χ2v) is 3.91. The summed E-state index contributed by atoms with van der Waals surface area (Å²) in [6.07, 6.45) is 9.07. The third kappa shape index (κ3) is 2.54. The van der Waals surface area contributed by atoms with Crippen molar-refractivity contribution in [3.05, 3.63) is 54.6 Å². The van der Waals surface area contributed by atoms with Gasteiger partial charge in [0.25, 0.3) is 0 Å². The topological polar surface area (TPSA) is 95.4 Å². The standard InChI is InChI=1S/C12H11N7/c13-11-16-10(7-9-1-3-14-4-2-9)17-12(18-11)19-6-5-15-8-19/h1-6,8H,7H2,(H2,13,16,17,18). The zero-order chi connectivity index (χ0) is 13.1. The van der Waals surface area contributed by atoms with Gasteiger partial charge in [-0.1, -0.05) is 0 Å². The lowest BCUT2D eigenvalue weighted by molar-refractivity contribution is 0.850. The maximum atomic E-state index is 5.71. The van der Waals surface area contributed by atoms with E-state index in [0.29, 0.717) is 18.2 Å². The molecule has 0 aliphatic rings. The molecule has 0 amide bonds. The molecular formula is C12H11N7. The lowest BCUT2D eigenvalue weighted by Crippen LogP contribution is -2.09. The number of nitrogens with zero attached hydrogens (tertiary/aromatic N) is 6. The molecule has 2 N–H and O–H groups in total. The molecule has 3 aromatic heterocycles. The average molecular weight is 253 g/mol. The first-order chi connectivity index (χ1) is 9.31. The number of nitrogen functional groups attached to an aromatic ring is 1. The minimum Gasteiger partial charge on any atom is -0.368 e. The van der Waals surface area contributed by atoms with Crippen LogP contribution in [0.2, 0.25) is 0 Å². The molecule has 0 unspecified atom stereocenters. The second kappa shape index (κ2) is 4.81. The first-order valence-electron chi connectivity index (χ1n) is 5.69. The molecule has 0 saturated heterocycles. The predicted octanol–water partition coefficient (Wildman–Crippen LogP) is 0.625. The van der Waals surface area contributed by atoms with Crippen LogP contribution in [0.5, 0.6) is 0 Å². The van der Waals surface area contributed by atoms with Crippen LogP contribution in [0.4, 0.5) is 5.95 Å². The van der Waals surface area contributed by atoms with Crippen LogP contribution in [-0.4, -0.2) is 29.5 Å². The molecule has 0 aromatic carbocycles. The fourth-order valence-corrected chi connectivity index (χ4v) is 1.68. The highest BCUT2D eigenvalue weighted by Gasteiger charge is 2.06. The van der Waals surface area contributed by atoms with Crippen LogP contribution < -0.4 is 5.73 Å². The lowest BCUT2D eigenvalue weighted by Gasteiger charge is -2.05. The Morgan fingerprint density at radius 1 is 1.00 bits per heavy atom. The molecule has 7 nitrogen and oxygen atoms in total. The third-order valence-electron chi connectivity index (χ3n) is 2.53. The van der Waals surface area contributed by atoms with E-state index in [4.69, 9.17) is 5.73 Å². The van der Waals surface area contributed by atoms with E-state index < -0.39 is 0 Å². The van der Waals surface area contributed by atoms with Crippen LogP contribution in [0.25, 0.3) is 5.95 Å². The molecule has 94 valence electrons. The van der Waals surface area contributed by atoms with E-state index in [1.165, 1.54) is 0 Å². The number of imidazole rings is 1. The van der Waals surface area contributed by atoms with Gasteiger partial charge in [0.1, 0.15) is 12.2 Å². The van der Waals surface area contributed by atoms with Crippen molar-refractivity contribution in [2.75, 3.05) is 5.73 Å². The van der Waals surface area contributed by atoms with Gasteiger partial charge in [-0.3, -0.25) is 9.55 Å². The van der Waals surface area contributed by atoms with E-state index >= 15 is 0 Å². The molecule has 3 aromatic rings. The summed E-state index contributed by atoms with van der Waals surface area (Å²) in [6.45, 7) is 0. The van der Waals surface area contributed by atoms with Crippen LogP contribution >= 0.6 is 0 Å². The summed E-state index contributed by atoms with van der Waals surface area (Å²) in [5, 5.41) is 0. The number of aromatic nitrogens is 6. The van der Waals surface area contributed by atoms with Crippen molar-refractivity contribution in [3.8, 4) is 5.95 Å². The molecule has 0 radical (unpaired) electrons. The highest BCUT2D eigenvalue weighted by Crippen LogP contribution is 2.08. The van der Waals surface area contributed by atoms with E-state index in [-0.39, 0.29) is 5.95 Å². The molecule has 3 rings (SSSR count). The predicted molar refractivity (Wildman–Crippen MR) is 68.4 cm³/mol. The molecule has 0 atom stereocenters. The summed E-state index contributed by atoms with van der Waals surface area (Å²) in [5.74, 6) is 1.28. The molecule has 7 heteroatoms. The number of nitrogens with two attached hydrogens (primary N) is 1. The molecule has 0 bridgehead atoms. The Kier molecular flexibility index (Phi) is 2.85. The maximum absolute atomic E-state index is 5.71. The van der Waals surface area contributed by atoms with Gasteiger partial charge in [-0.15, -0.1) is 0 Å². The summed E-state index contributed by atoms with van der Waals surface area (Å²) in [6, 6.07) is 3.83. The van der Waals surface area contributed by atoms with E-state index in [0.717, 1.165) is 5.56 Å². The summed E-state index contributed by atoms with van der Waals surface area (Å²) >= 11 is 0. The summed E-state index contributed by atoms with van der Waals surface area (Å²) in [7, 11) is 0. The van der Waals surface area contributed by atoms with Crippen molar-refractivity contribution in [3.63, 3.8) is 0 Å². The van der Waals surface area contributed by atoms with Gasteiger partial charge >= 0.3 is 0 Å². The van der Waals surface area contributed by atoms with Crippen molar-refractivity contribution >= 4 is 5.95 Å². The van der Waals surface area contributed by atoms with Gasteiger partial charge in [-0.05, 0) is 17.7 Å². The van der Waals surface area contributed by atoms with Gasteiger partial charge in [0.2, 0.25) is 11.9 Å². The van der Waals surface area contributed by atoms with Crippen LogP contribution in [0, 0.1) is 0 Å². The molecule has 0 saturated carbocycles. The Labute approximate surface area is 109 Å². The van der Waals surface area contributed by atoms with E-state index in [2.05, 4.69) is 24.9 Å². The Hall–Kier alpha value is -2.83. The molecule has 0 aliphatic carbocycles. The van der Waals surface area contributed by atoms with Crippen LogP contribution in [-0.2, 0) is 6.42 Å². The Bertz CT molecular complexity index is 664. The lowest BCUT2D eigenvalue weighted by atomic mass is 10.2. The maximum Gasteiger partial charge on any atom is 0.239 e. The molecule has 3 heterocycles. The highest BCUT2D eigenvalue weighted by atomic mass is 15.2. The van der Waals surface area contributed by atoms with Crippen molar-refractivity contribution < 1.29 is 0 Å². The number of hydrogen-bond acceptors (Lipinski definition) is 6. The fraction of sp³-hybridized carbons (Fsp3) is 0.0833. The van der Waals surface area contributed by atoms with Crippen molar-refractivity contribution in [1.29, 1.82) is 0 Å². The van der Waals surface area contributed by atoms with Gasteiger partial charge < -0.3 is 5.73 Å². The quantitative estimate of drug-likeness (QED) is 0.735. The first kappa shape index (κ1) is 11.3. The zero-order valence-electron chi connectivity index (χ0n) is 10.0. The van der Waals surface area contributed by atoms with E-state index in [1.807, 2.05) is 12.1 Å². The van der Waals surface area contributed by atoms with Crippen molar-refractivity contribution in [2.45, 2.75) is 6.42 Å². The number of pyridine rings is 1. The molecule has 0 fully saturated rings. The van der Waals surface area contributed by atoms with Crippen LogP contribution in [0.3, 0.4) is 0 Å². The molecule has 0 spiro atoms. The van der Waals surface area contributed by atoms with Gasteiger partial charge in [-0.2, -0.15) is 15.0 Å². The first-order valence-corrected chi connectivity index (χ1v) is 5.69. The minimum absolute atomic E-state index is 0.197. The van der Waals surface area contributed by atoms with Crippen molar-refractivity contribution in [1.82, 2.24) is 29.5 Å². The SMILES string of the molecule is Nc1nc(Cc2ccncc2)nc(-n2ccnc2)n1. The Morgan fingerprint density at radius 3 is 2.58 bits per heavy atom. The average Bonchev–Trinajstić information content (AvgIpc) is 2.93. The monoisotopic (exact) mass is 253 g/mol. The highest BCUT2D eigenvalue weighted by molar-refractivity contribution is 5.25. The minimum atomic E-state index is 0.197. The van der Waals surface area contributed by atoms with Crippen molar-refractivity contribution in [2.24, 2.45) is 0 Å². The third-order valence-corrected chi connectivity index (χ3v) is 2.53. The van der Waals surface area contributed by atoms with Crippen LogP contribution in [0.1, 0.15) is 11.4 Å². The van der Waals surface area contributed by atoms with E-state index in [9.17, 15) is 0 Å². The largest absolute Gasteiger partial charge is 0.368 e. The number of anilines is 1. The smallest absolute Gasteiger partial charge is 0.239 e. The normalized spacial score (nSPS) is 10.5. The Balaban J connectivity index is 1.94. The Morgan fingerprint density at radius 2 is 1.84 bits per heavy atom. The van der Waals surface area contributed by atoms with Gasteiger partial charge in [0, 0.05) is 31.2 Å². The molecular weight excluding hydrogens is 242 g/mol. The summed E-state index contributed by atoms with van der Waals surface area (Å²) in [5.41, 5.74) is 6.78. The van der Waals surface area contributed by atoms with E-state index in [1.54, 1.807) is 35.7 Å².